The van der Waals surface area contributed by atoms with Crippen LogP contribution in [0.15, 0.2) is 144 Å². The van der Waals surface area contributed by atoms with Gasteiger partial charge in [0.25, 0.3) is 0 Å². The van der Waals surface area contributed by atoms with Crippen LogP contribution in [0.2, 0.25) is 0 Å². The average Bonchev–Trinajstić information content (AvgIpc) is 3.09. The molecule has 4 aromatic carbocycles. The van der Waals surface area contributed by atoms with Crippen LogP contribution < -0.4 is 0 Å². The lowest BCUT2D eigenvalue weighted by Crippen LogP contribution is -2.03. The van der Waals surface area contributed by atoms with E-state index in [9.17, 15) is 0 Å². The van der Waals surface area contributed by atoms with Crippen LogP contribution in [0.5, 0.6) is 0 Å². The number of hydrogen-bond donors (Lipinski definition) is 0. The summed E-state index contributed by atoms with van der Waals surface area (Å²) < 4.78 is 0. The maximum absolute atomic E-state index is 4.50. The van der Waals surface area contributed by atoms with Gasteiger partial charge in [0.05, 0.1) is 0 Å². The minimum atomic E-state index is 0.303. The number of nitrogens with zero attached hydrogens (tertiary/aromatic N) is 3. The van der Waals surface area contributed by atoms with E-state index in [-0.39, 0.29) is 0 Å². The summed E-state index contributed by atoms with van der Waals surface area (Å²) in [6, 6.07) is 37.6. The molecule has 0 saturated heterocycles. The van der Waals surface area contributed by atoms with Crippen molar-refractivity contribution >= 4 is 18.0 Å². The molecule has 0 amide bonds. The summed E-state index contributed by atoms with van der Waals surface area (Å²) in [6.07, 6.45) is 15.9. The molecule has 0 spiro atoms. The second-order valence-electron chi connectivity index (χ2n) is 10.9. The van der Waals surface area contributed by atoms with Crippen molar-refractivity contribution in [3.63, 3.8) is 0 Å². The number of allylic oxidation sites excluding steroid dienone is 2. The summed E-state index contributed by atoms with van der Waals surface area (Å²) in [5.74, 6) is 0.303. The number of aromatic nitrogens is 1. The van der Waals surface area contributed by atoms with E-state index < -0.39 is 0 Å². The smallest absolute Gasteiger partial charge is 0.0492 e. The van der Waals surface area contributed by atoms with Crippen LogP contribution in [0, 0.1) is 0 Å². The minimum Gasteiger partial charge on any atom is -0.292 e. The summed E-state index contributed by atoms with van der Waals surface area (Å²) in [5, 5.41) is 0. The van der Waals surface area contributed by atoms with E-state index in [1.807, 2.05) is 37.1 Å². The highest BCUT2D eigenvalue weighted by Gasteiger charge is 2.13. The molecule has 3 heteroatoms. The van der Waals surface area contributed by atoms with E-state index in [4.69, 9.17) is 0 Å². The molecule has 0 bridgehead atoms. The molecule has 7 rings (SSSR count). The van der Waals surface area contributed by atoms with Gasteiger partial charge in [-0.15, -0.1) is 0 Å². The molecule has 42 heavy (non-hydrogen) atoms. The Labute approximate surface area is 247 Å². The van der Waals surface area contributed by atoms with Gasteiger partial charge in [0.15, 0.2) is 0 Å². The highest BCUT2D eigenvalue weighted by Crippen LogP contribution is 2.36. The maximum atomic E-state index is 4.50. The van der Waals surface area contributed by atoms with E-state index in [2.05, 4.69) is 124 Å². The molecular weight excluding hydrogens is 510 g/mol. The second-order valence-corrected chi connectivity index (χ2v) is 10.9. The average molecular weight is 542 g/mol. The monoisotopic (exact) mass is 541 g/mol. The largest absolute Gasteiger partial charge is 0.292 e. The van der Waals surface area contributed by atoms with Crippen LogP contribution in [0.1, 0.15) is 29.9 Å². The van der Waals surface area contributed by atoms with E-state index in [1.54, 1.807) is 0 Å². The van der Waals surface area contributed by atoms with Gasteiger partial charge in [-0.1, -0.05) is 72.8 Å². The first-order valence-electron chi connectivity index (χ1n) is 14.5. The number of aliphatic imine (C=N–C) groups is 2. The van der Waals surface area contributed by atoms with Gasteiger partial charge in [0.1, 0.15) is 0 Å². The summed E-state index contributed by atoms with van der Waals surface area (Å²) in [5.41, 5.74) is 13.3. The van der Waals surface area contributed by atoms with Gasteiger partial charge in [-0.25, -0.2) is 0 Å². The van der Waals surface area contributed by atoms with E-state index in [0.29, 0.717) is 5.92 Å². The van der Waals surface area contributed by atoms with Crippen molar-refractivity contribution in [1.82, 2.24) is 4.98 Å². The fourth-order valence-corrected chi connectivity index (χ4v) is 5.80. The molecule has 2 aliphatic rings. The zero-order valence-corrected chi connectivity index (χ0v) is 23.4. The molecule has 0 N–H and O–H groups in total. The van der Waals surface area contributed by atoms with Crippen LogP contribution >= 0.6 is 0 Å². The van der Waals surface area contributed by atoms with E-state index in [1.165, 1.54) is 50.1 Å². The Bertz CT molecular complexity index is 1860. The predicted octanol–water partition coefficient (Wildman–Crippen LogP) is 9.68. The van der Waals surface area contributed by atoms with Gasteiger partial charge in [0, 0.05) is 49.0 Å². The molecule has 0 saturated carbocycles. The molecule has 5 aromatic rings. The Morgan fingerprint density at radius 1 is 0.595 bits per heavy atom. The molecule has 2 aliphatic heterocycles. The number of benzene rings is 4. The predicted molar refractivity (Wildman–Crippen MR) is 177 cm³/mol. The van der Waals surface area contributed by atoms with Crippen molar-refractivity contribution < 1.29 is 0 Å². The Morgan fingerprint density at radius 2 is 1.21 bits per heavy atom. The van der Waals surface area contributed by atoms with Crippen molar-refractivity contribution in [2.24, 2.45) is 9.98 Å². The van der Waals surface area contributed by atoms with Gasteiger partial charge < -0.3 is 0 Å². The number of dihydropyridines is 1. The molecule has 0 radical (unpaired) electrons. The van der Waals surface area contributed by atoms with Gasteiger partial charge in [-0.2, -0.15) is 0 Å². The zero-order valence-electron chi connectivity index (χ0n) is 23.4. The van der Waals surface area contributed by atoms with Crippen LogP contribution in [0.4, 0.5) is 0 Å². The van der Waals surface area contributed by atoms with Crippen molar-refractivity contribution in [1.29, 1.82) is 0 Å². The molecule has 3 nitrogen and oxygen atoms in total. The third-order valence-corrected chi connectivity index (χ3v) is 8.05. The fraction of sp³-hybridized carbons (Fsp3) is 0.103. The second kappa shape index (κ2) is 11.8. The van der Waals surface area contributed by atoms with Crippen molar-refractivity contribution in [2.45, 2.75) is 18.8 Å². The Morgan fingerprint density at radius 3 is 1.86 bits per heavy atom. The van der Waals surface area contributed by atoms with Gasteiger partial charge in [-0.05, 0) is 111 Å². The molecule has 1 atom stereocenters. The first-order chi connectivity index (χ1) is 20.8. The van der Waals surface area contributed by atoms with Gasteiger partial charge in [-0.3, -0.25) is 15.0 Å². The lowest BCUT2D eigenvalue weighted by Gasteiger charge is -2.16. The topological polar surface area (TPSA) is 37.6 Å². The summed E-state index contributed by atoms with van der Waals surface area (Å²) >= 11 is 0. The molecule has 202 valence electrons. The first kappa shape index (κ1) is 25.8. The number of hydrogen-bond acceptors (Lipinski definition) is 3. The molecule has 3 heterocycles. The molecule has 0 aliphatic carbocycles. The summed E-state index contributed by atoms with van der Waals surface area (Å²) in [6.45, 7) is 0.791. The standard InChI is InChI=1S/C39H31N3/c1-7-28(34-13-4-16-40-25-34)19-31(10-1)37-22-38(32-11-2-8-29(20-32)35-14-5-17-41-26-35)24-39(23-37)33-12-3-9-30(21-33)36-15-6-18-42-27-36/h1-5,7-14,16-25,27,35H,6,15,26H2. The van der Waals surface area contributed by atoms with Crippen LogP contribution in [-0.2, 0) is 0 Å². The van der Waals surface area contributed by atoms with Gasteiger partial charge in [0.2, 0.25) is 0 Å². The third kappa shape index (κ3) is 5.55. The van der Waals surface area contributed by atoms with Gasteiger partial charge >= 0.3 is 0 Å². The third-order valence-electron chi connectivity index (χ3n) is 8.05. The van der Waals surface area contributed by atoms with Crippen LogP contribution in [-0.4, -0.2) is 24.0 Å². The fourth-order valence-electron chi connectivity index (χ4n) is 5.80. The lowest BCUT2D eigenvalue weighted by molar-refractivity contribution is 0.846. The van der Waals surface area contributed by atoms with E-state index >= 15 is 0 Å². The molecule has 0 fully saturated rings. The van der Waals surface area contributed by atoms with Crippen LogP contribution in [0.25, 0.3) is 50.1 Å². The number of rotatable bonds is 6. The first-order valence-corrected chi connectivity index (χ1v) is 14.5. The number of pyridine rings is 1. The summed E-state index contributed by atoms with van der Waals surface area (Å²) in [7, 11) is 0. The molecule has 1 aromatic heterocycles. The Hall–Kier alpha value is -5.15. The SMILES string of the molecule is C1=CC(c2cccc(-c3cc(-c4cccc(C5=CN=CCC5)c4)cc(-c4cccc(-c5cccnc5)c4)c3)c2)CN=C1. The van der Waals surface area contributed by atoms with Crippen LogP contribution in [0.3, 0.4) is 0 Å². The Kier molecular flexibility index (Phi) is 7.22. The minimum absolute atomic E-state index is 0.303. The quantitative estimate of drug-likeness (QED) is 0.211. The normalized spacial score (nSPS) is 15.9. The highest BCUT2D eigenvalue weighted by atomic mass is 14.7. The molecular formula is C39H31N3. The van der Waals surface area contributed by atoms with Crippen molar-refractivity contribution in [2.75, 3.05) is 6.54 Å². The van der Waals surface area contributed by atoms with Crippen molar-refractivity contribution in [3.8, 4) is 44.5 Å². The zero-order chi connectivity index (χ0) is 28.1. The maximum Gasteiger partial charge on any atom is 0.0492 e. The Balaban J connectivity index is 1.35. The van der Waals surface area contributed by atoms with E-state index in [0.717, 1.165) is 30.5 Å². The molecule has 1 unspecified atom stereocenters. The highest BCUT2D eigenvalue weighted by molar-refractivity contribution is 5.84. The lowest BCUT2D eigenvalue weighted by atomic mass is 9.89. The summed E-state index contributed by atoms with van der Waals surface area (Å²) in [4.78, 5) is 13.3. The van der Waals surface area contributed by atoms with Crippen molar-refractivity contribution in [3.05, 3.63) is 145 Å².